The number of benzene rings is 2. The van der Waals surface area contributed by atoms with Gasteiger partial charge in [-0.1, -0.05) is 62.4 Å². The molecule has 0 aliphatic heterocycles. The molecule has 1 heterocycles. The van der Waals surface area contributed by atoms with Crippen LogP contribution in [0.2, 0.25) is 0 Å². The molecule has 0 unspecified atom stereocenters. The van der Waals surface area contributed by atoms with Gasteiger partial charge in [-0.15, -0.1) is 0 Å². The van der Waals surface area contributed by atoms with Crippen molar-refractivity contribution in [1.29, 1.82) is 0 Å². The Bertz CT molecular complexity index is 925. The molecule has 0 amide bonds. The van der Waals surface area contributed by atoms with E-state index in [1.807, 2.05) is 42.5 Å². The molecule has 2 aromatic carbocycles. The highest BCUT2D eigenvalue weighted by molar-refractivity contribution is 5.86. The van der Waals surface area contributed by atoms with E-state index in [4.69, 9.17) is 10.5 Å². The number of ether oxygens (including phenoxy) is 1. The molecule has 0 aliphatic rings. The van der Waals surface area contributed by atoms with E-state index in [-0.39, 0.29) is 11.2 Å². The van der Waals surface area contributed by atoms with Crippen molar-refractivity contribution >= 4 is 0 Å². The number of unbranched alkanes of at least 4 members (excludes halogenated alkanes) is 1. The first-order chi connectivity index (χ1) is 14.0. The summed E-state index contributed by atoms with van der Waals surface area (Å²) >= 11 is 0. The van der Waals surface area contributed by atoms with Crippen molar-refractivity contribution in [2.75, 3.05) is 13.2 Å². The summed E-state index contributed by atoms with van der Waals surface area (Å²) in [5.41, 5.74) is 9.05. The fourth-order valence-electron chi connectivity index (χ4n) is 3.31. The first-order valence-electron chi connectivity index (χ1n) is 10.1. The van der Waals surface area contributed by atoms with E-state index in [2.05, 4.69) is 18.8 Å². The Kier molecular flexibility index (Phi) is 6.99. The lowest BCUT2D eigenvalue weighted by Gasteiger charge is -2.22. The van der Waals surface area contributed by atoms with Crippen LogP contribution in [0.5, 0.6) is 5.88 Å². The van der Waals surface area contributed by atoms with Gasteiger partial charge >= 0.3 is 0 Å². The zero-order chi connectivity index (χ0) is 20.7. The van der Waals surface area contributed by atoms with Crippen LogP contribution in [0.3, 0.4) is 0 Å². The number of nitrogens with zero attached hydrogens (tertiary/aromatic N) is 1. The lowest BCUT2D eigenvalue weighted by molar-refractivity contribution is 0.272. The minimum absolute atomic E-state index is 0.143. The van der Waals surface area contributed by atoms with Gasteiger partial charge in [-0.2, -0.15) is 0 Å². The highest BCUT2D eigenvalue weighted by Crippen LogP contribution is 2.39. The summed E-state index contributed by atoms with van der Waals surface area (Å²) < 4.78 is 20.7. The van der Waals surface area contributed by atoms with Gasteiger partial charge in [0.15, 0.2) is 0 Å². The Morgan fingerprint density at radius 2 is 1.66 bits per heavy atom. The average Bonchev–Trinajstić information content (AvgIpc) is 2.74. The maximum absolute atomic E-state index is 14.7. The predicted octanol–water partition coefficient (Wildman–Crippen LogP) is 6.09. The molecule has 0 aliphatic carbocycles. The van der Waals surface area contributed by atoms with Crippen LogP contribution in [-0.2, 0) is 0 Å². The molecular weight excluding hydrogens is 363 g/mol. The highest BCUT2D eigenvalue weighted by Gasteiger charge is 2.18. The Morgan fingerprint density at radius 3 is 2.38 bits per heavy atom. The van der Waals surface area contributed by atoms with E-state index in [9.17, 15) is 4.39 Å². The topological polar surface area (TPSA) is 48.1 Å². The summed E-state index contributed by atoms with van der Waals surface area (Å²) in [6.07, 6.45) is 4.69. The second-order valence-electron chi connectivity index (χ2n) is 8.06. The number of aromatic nitrogens is 1. The predicted molar refractivity (Wildman–Crippen MR) is 117 cm³/mol. The van der Waals surface area contributed by atoms with E-state index in [0.717, 1.165) is 30.4 Å². The molecule has 0 fully saturated rings. The van der Waals surface area contributed by atoms with Crippen molar-refractivity contribution in [3.8, 4) is 28.1 Å². The Labute approximate surface area is 172 Å². The molecule has 3 aromatic rings. The van der Waals surface area contributed by atoms with Gasteiger partial charge in [-0.3, -0.25) is 0 Å². The molecule has 0 atom stereocenters. The second-order valence-corrected chi connectivity index (χ2v) is 8.06. The lowest BCUT2D eigenvalue weighted by Crippen LogP contribution is -2.23. The largest absolute Gasteiger partial charge is 0.477 e. The van der Waals surface area contributed by atoms with Crippen molar-refractivity contribution < 1.29 is 9.13 Å². The van der Waals surface area contributed by atoms with Gasteiger partial charge in [0.2, 0.25) is 5.88 Å². The summed E-state index contributed by atoms with van der Waals surface area (Å²) in [6, 6.07) is 18.6. The van der Waals surface area contributed by atoms with Crippen molar-refractivity contribution in [1.82, 2.24) is 4.98 Å². The van der Waals surface area contributed by atoms with Crippen LogP contribution < -0.4 is 10.5 Å². The third-order valence-corrected chi connectivity index (χ3v) is 5.18. The van der Waals surface area contributed by atoms with E-state index >= 15 is 0 Å². The number of hydrogen-bond acceptors (Lipinski definition) is 3. The smallest absolute Gasteiger partial charge is 0.222 e. The average molecular weight is 393 g/mol. The normalized spacial score (nSPS) is 11.4. The van der Waals surface area contributed by atoms with Crippen molar-refractivity contribution in [2.24, 2.45) is 11.1 Å². The molecule has 29 heavy (non-hydrogen) atoms. The minimum atomic E-state index is -0.285. The zero-order valence-electron chi connectivity index (χ0n) is 17.2. The van der Waals surface area contributed by atoms with E-state index in [0.29, 0.717) is 30.2 Å². The van der Waals surface area contributed by atoms with Crippen LogP contribution in [0, 0.1) is 11.2 Å². The second kappa shape index (κ2) is 9.66. The monoisotopic (exact) mass is 392 g/mol. The number of halogens is 1. The van der Waals surface area contributed by atoms with Gasteiger partial charge in [0, 0.05) is 11.8 Å². The van der Waals surface area contributed by atoms with Crippen LogP contribution in [0.15, 0.2) is 66.9 Å². The molecule has 1 aromatic heterocycles. The summed E-state index contributed by atoms with van der Waals surface area (Å²) in [5.74, 6) is 0.182. The first kappa shape index (κ1) is 21.0. The summed E-state index contributed by atoms with van der Waals surface area (Å²) in [5, 5.41) is 0. The fraction of sp³-hybridized carbons (Fsp3) is 0.320. The lowest BCUT2D eigenvalue weighted by atomic mass is 9.87. The number of hydrogen-bond donors (Lipinski definition) is 1. The maximum Gasteiger partial charge on any atom is 0.222 e. The standard InChI is InChI=1S/C25H29FN2O/c1-25(2,18-27)15-8-9-17-29-24-23(21-12-6-7-13-22(21)26)20(14-16-28-24)19-10-4-3-5-11-19/h3-7,10-14,16H,8-9,15,17-18,27H2,1-2H3. The third-order valence-electron chi connectivity index (χ3n) is 5.18. The van der Waals surface area contributed by atoms with Gasteiger partial charge in [0.1, 0.15) is 5.82 Å². The van der Waals surface area contributed by atoms with Gasteiger partial charge in [-0.05, 0) is 54.5 Å². The molecule has 0 spiro atoms. The van der Waals surface area contributed by atoms with Crippen molar-refractivity contribution in [3.63, 3.8) is 0 Å². The summed E-state index contributed by atoms with van der Waals surface area (Å²) in [6.45, 7) is 5.56. The van der Waals surface area contributed by atoms with Gasteiger partial charge in [0.05, 0.1) is 12.2 Å². The molecule has 3 rings (SSSR count). The molecule has 3 nitrogen and oxygen atoms in total. The van der Waals surface area contributed by atoms with Crippen molar-refractivity contribution in [2.45, 2.75) is 33.1 Å². The minimum Gasteiger partial charge on any atom is -0.477 e. The van der Waals surface area contributed by atoms with E-state index < -0.39 is 0 Å². The van der Waals surface area contributed by atoms with E-state index in [1.54, 1.807) is 18.3 Å². The molecule has 0 saturated heterocycles. The molecule has 2 N–H and O–H groups in total. The Hall–Kier alpha value is -2.72. The van der Waals surface area contributed by atoms with Crippen LogP contribution in [0.25, 0.3) is 22.3 Å². The van der Waals surface area contributed by atoms with Crippen LogP contribution in [0.4, 0.5) is 4.39 Å². The summed E-state index contributed by atoms with van der Waals surface area (Å²) in [7, 11) is 0. The highest BCUT2D eigenvalue weighted by atomic mass is 19.1. The number of pyridine rings is 1. The van der Waals surface area contributed by atoms with Crippen molar-refractivity contribution in [3.05, 3.63) is 72.7 Å². The molecular formula is C25H29FN2O. The Morgan fingerprint density at radius 1 is 0.931 bits per heavy atom. The maximum atomic E-state index is 14.7. The quantitative estimate of drug-likeness (QED) is 0.448. The number of nitrogens with two attached hydrogens (primary N) is 1. The molecule has 0 radical (unpaired) electrons. The Balaban J connectivity index is 1.87. The van der Waals surface area contributed by atoms with Crippen LogP contribution >= 0.6 is 0 Å². The van der Waals surface area contributed by atoms with Gasteiger partial charge < -0.3 is 10.5 Å². The van der Waals surface area contributed by atoms with Gasteiger partial charge in [-0.25, -0.2) is 9.37 Å². The van der Waals surface area contributed by atoms with Gasteiger partial charge in [0.25, 0.3) is 0 Å². The first-order valence-corrected chi connectivity index (χ1v) is 10.1. The van der Waals surface area contributed by atoms with Crippen LogP contribution in [0.1, 0.15) is 33.1 Å². The van der Waals surface area contributed by atoms with Crippen LogP contribution in [-0.4, -0.2) is 18.1 Å². The van der Waals surface area contributed by atoms with E-state index in [1.165, 1.54) is 6.07 Å². The zero-order valence-corrected chi connectivity index (χ0v) is 17.2. The fourth-order valence-corrected chi connectivity index (χ4v) is 3.31. The molecule has 152 valence electrons. The number of rotatable bonds is 9. The molecule has 0 saturated carbocycles. The molecule has 4 heteroatoms. The SMILES string of the molecule is CC(C)(CN)CCCCOc1nccc(-c2ccccc2)c1-c1ccccc1F. The summed E-state index contributed by atoms with van der Waals surface area (Å²) in [4.78, 5) is 4.44. The molecule has 0 bridgehead atoms. The third kappa shape index (κ3) is 5.42.